The molecule has 0 aliphatic heterocycles. The van der Waals surface area contributed by atoms with Gasteiger partial charge in [-0.05, 0) is 36.2 Å². The molecule has 2 atom stereocenters. The van der Waals surface area contributed by atoms with Gasteiger partial charge in [0, 0.05) is 17.6 Å². The molecule has 0 spiro atoms. The van der Waals surface area contributed by atoms with Gasteiger partial charge in [-0.15, -0.1) is 12.4 Å². The molecule has 6 heteroatoms. The first kappa shape index (κ1) is 17.4. The van der Waals surface area contributed by atoms with Crippen molar-refractivity contribution < 1.29 is 13.6 Å². The first-order chi connectivity index (χ1) is 10.6. The Bertz CT molecular complexity index is 682. The van der Waals surface area contributed by atoms with E-state index in [1.165, 1.54) is 6.07 Å². The van der Waals surface area contributed by atoms with E-state index in [9.17, 15) is 13.6 Å². The van der Waals surface area contributed by atoms with E-state index >= 15 is 0 Å². The van der Waals surface area contributed by atoms with Crippen LogP contribution in [0.5, 0.6) is 0 Å². The Morgan fingerprint density at radius 3 is 2.52 bits per heavy atom. The minimum atomic E-state index is -0.837. The zero-order valence-electron chi connectivity index (χ0n) is 12.3. The van der Waals surface area contributed by atoms with Gasteiger partial charge in [0.1, 0.15) is 0 Å². The Kier molecular flexibility index (Phi) is 5.69. The van der Waals surface area contributed by atoms with Crippen LogP contribution < -0.4 is 10.6 Å². The summed E-state index contributed by atoms with van der Waals surface area (Å²) in [6.45, 7) is 0.194. The number of carbonyl (C=O) groups excluding carboxylic acids is 1. The molecule has 2 N–H and O–H groups in total. The van der Waals surface area contributed by atoms with Gasteiger partial charge in [0.2, 0.25) is 5.91 Å². The van der Waals surface area contributed by atoms with Crippen LogP contribution in [-0.2, 0) is 4.79 Å². The summed E-state index contributed by atoms with van der Waals surface area (Å²) in [6.07, 6.45) is 0.823. The lowest BCUT2D eigenvalue weighted by Gasteiger charge is -2.06. The van der Waals surface area contributed by atoms with Crippen molar-refractivity contribution in [3.63, 3.8) is 0 Å². The molecule has 0 aromatic heterocycles. The summed E-state index contributed by atoms with van der Waals surface area (Å²) in [5.74, 6) is -1.65. The Labute approximate surface area is 139 Å². The van der Waals surface area contributed by atoms with Gasteiger partial charge in [-0.25, -0.2) is 8.78 Å². The van der Waals surface area contributed by atoms with E-state index in [4.69, 9.17) is 0 Å². The molecule has 2 aromatic carbocycles. The molecule has 0 unspecified atom stereocenters. The largest absolute Gasteiger partial charge is 0.325 e. The molecule has 23 heavy (non-hydrogen) atoms. The summed E-state index contributed by atoms with van der Waals surface area (Å²) >= 11 is 0. The SMILES string of the molecule is Cl.O=C(CN[C@@H]1C[C@H]1c1ccc(F)c(F)c1)Nc1ccccc1. The first-order valence-electron chi connectivity index (χ1n) is 7.17. The Balaban J connectivity index is 0.00000192. The van der Waals surface area contributed by atoms with Crippen molar-refractivity contribution in [1.29, 1.82) is 0 Å². The van der Waals surface area contributed by atoms with Crippen molar-refractivity contribution in [3.05, 3.63) is 65.7 Å². The molecule has 0 saturated heterocycles. The molecule has 1 amide bonds. The van der Waals surface area contributed by atoms with Gasteiger partial charge in [0.25, 0.3) is 0 Å². The molecule has 1 aliphatic rings. The number of anilines is 1. The third-order valence-corrected chi connectivity index (χ3v) is 3.74. The molecule has 122 valence electrons. The molecule has 0 radical (unpaired) electrons. The highest BCUT2D eigenvalue weighted by Gasteiger charge is 2.38. The molecule has 3 nitrogen and oxygen atoms in total. The second kappa shape index (κ2) is 7.53. The molecule has 0 heterocycles. The Morgan fingerprint density at radius 2 is 1.83 bits per heavy atom. The van der Waals surface area contributed by atoms with Gasteiger partial charge in [0.05, 0.1) is 6.54 Å². The van der Waals surface area contributed by atoms with Gasteiger partial charge in [-0.3, -0.25) is 4.79 Å². The predicted molar refractivity (Wildman–Crippen MR) is 87.8 cm³/mol. The number of halogens is 3. The molecule has 3 rings (SSSR count). The van der Waals surface area contributed by atoms with E-state index in [0.29, 0.717) is 0 Å². The average Bonchev–Trinajstić information content (AvgIpc) is 3.29. The second-order valence-electron chi connectivity index (χ2n) is 5.42. The van der Waals surface area contributed by atoms with Crippen molar-refractivity contribution in [1.82, 2.24) is 5.32 Å². The van der Waals surface area contributed by atoms with Crippen molar-refractivity contribution in [2.75, 3.05) is 11.9 Å². The van der Waals surface area contributed by atoms with Crippen LogP contribution in [0.1, 0.15) is 17.9 Å². The normalized spacial score (nSPS) is 18.9. The number of nitrogens with one attached hydrogen (secondary N) is 2. The van der Waals surface area contributed by atoms with Gasteiger partial charge < -0.3 is 10.6 Å². The molecule has 2 aromatic rings. The summed E-state index contributed by atoms with van der Waals surface area (Å²) in [5, 5.41) is 5.92. The van der Waals surface area contributed by atoms with Gasteiger partial charge in [-0.2, -0.15) is 0 Å². The van der Waals surface area contributed by atoms with Gasteiger partial charge in [0.15, 0.2) is 11.6 Å². The van der Waals surface area contributed by atoms with Crippen LogP contribution in [0.3, 0.4) is 0 Å². The lowest BCUT2D eigenvalue weighted by Crippen LogP contribution is -2.30. The maximum Gasteiger partial charge on any atom is 0.238 e. The maximum absolute atomic E-state index is 13.2. The van der Waals surface area contributed by atoms with Crippen LogP contribution in [0.15, 0.2) is 48.5 Å². The highest BCUT2D eigenvalue weighted by atomic mass is 35.5. The molecule has 1 fully saturated rings. The van der Waals surface area contributed by atoms with E-state index < -0.39 is 11.6 Å². The van der Waals surface area contributed by atoms with Crippen LogP contribution >= 0.6 is 12.4 Å². The Hall–Kier alpha value is -1.98. The molecule has 1 saturated carbocycles. The Morgan fingerprint density at radius 1 is 1.09 bits per heavy atom. The topological polar surface area (TPSA) is 41.1 Å². The minimum Gasteiger partial charge on any atom is -0.325 e. The number of hydrogen-bond acceptors (Lipinski definition) is 2. The maximum atomic E-state index is 13.2. The van der Waals surface area contributed by atoms with Crippen molar-refractivity contribution in [2.24, 2.45) is 0 Å². The number of hydrogen-bond donors (Lipinski definition) is 2. The fourth-order valence-corrected chi connectivity index (χ4v) is 2.48. The average molecular weight is 339 g/mol. The number of para-hydroxylation sites is 1. The smallest absolute Gasteiger partial charge is 0.238 e. The predicted octanol–water partition coefficient (Wildman–Crippen LogP) is 3.47. The van der Waals surface area contributed by atoms with Crippen molar-refractivity contribution >= 4 is 24.0 Å². The summed E-state index contributed by atoms with van der Waals surface area (Å²) in [5.41, 5.74) is 1.52. The third-order valence-electron chi connectivity index (χ3n) is 3.74. The zero-order valence-corrected chi connectivity index (χ0v) is 13.1. The highest BCUT2D eigenvalue weighted by Crippen LogP contribution is 2.40. The number of amides is 1. The van der Waals surface area contributed by atoms with Crippen LogP contribution in [0.25, 0.3) is 0 Å². The molecule has 1 aliphatic carbocycles. The first-order valence-corrected chi connectivity index (χ1v) is 7.17. The summed E-state index contributed by atoms with van der Waals surface area (Å²) in [7, 11) is 0. The second-order valence-corrected chi connectivity index (χ2v) is 5.42. The highest BCUT2D eigenvalue weighted by molar-refractivity contribution is 5.92. The fourth-order valence-electron chi connectivity index (χ4n) is 2.48. The number of benzene rings is 2. The van der Waals surface area contributed by atoms with E-state index in [1.54, 1.807) is 6.07 Å². The summed E-state index contributed by atoms with van der Waals surface area (Å²) < 4.78 is 26.1. The van der Waals surface area contributed by atoms with Crippen molar-refractivity contribution in [3.8, 4) is 0 Å². The van der Waals surface area contributed by atoms with E-state index in [0.717, 1.165) is 23.7 Å². The van der Waals surface area contributed by atoms with E-state index in [2.05, 4.69) is 10.6 Å². The quantitative estimate of drug-likeness (QED) is 0.876. The minimum absolute atomic E-state index is 0. The number of rotatable bonds is 5. The third kappa shape index (κ3) is 4.50. The van der Waals surface area contributed by atoms with Crippen LogP contribution in [0, 0.1) is 11.6 Å². The molecular weight excluding hydrogens is 322 g/mol. The fraction of sp³-hybridized carbons (Fsp3) is 0.235. The molecular formula is C17H17ClF2N2O. The standard InChI is InChI=1S/C17H16F2N2O.ClH/c18-14-7-6-11(8-15(14)19)13-9-16(13)20-10-17(22)21-12-4-2-1-3-5-12;/h1-8,13,16,20H,9-10H2,(H,21,22);1H/t13-,16+;/m0./s1. The van der Waals surface area contributed by atoms with Crippen LogP contribution in [-0.4, -0.2) is 18.5 Å². The van der Waals surface area contributed by atoms with Gasteiger partial charge in [-0.1, -0.05) is 24.3 Å². The van der Waals surface area contributed by atoms with E-state index in [1.807, 2.05) is 30.3 Å². The van der Waals surface area contributed by atoms with Gasteiger partial charge >= 0.3 is 0 Å². The monoisotopic (exact) mass is 338 g/mol. The lowest BCUT2D eigenvalue weighted by molar-refractivity contribution is -0.115. The molecule has 0 bridgehead atoms. The van der Waals surface area contributed by atoms with E-state index in [-0.39, 0.29) is 36.8 Å². The van der Waals surface area contributed by atoms with Crippen molar-refractivity contribution in [2.45, 2.75) is 18.4 Å². The van der Waals surface area contributed by atoms with Crippen LogP contribution in [0.4, 0.5) is 14.5 Å². The number of carbonyl (C=O) groups is 1. The summed E-state index contributed by atoms with van der Waals surface area (Å²) in [4.78, 5) is 11.8. The lowest BCUT2D eigenvalue weighted by atomic mass is 10.1. The zero-order chi connectivity index (χ0) is 15.5. The van der Waals surface area contributed by atoms with Crippen LogP contribution in [0.2, 0.25) is 0 Å². The summed E-state index contributed by atoms with van der Waals surface area (Å²) in [6, 6.07) is 13.3.